The van der Waals surface area contributed by atoms with Crippen molar-refractivity contribution in [3.05, 3.63) is 76.1 Å². The Kier molecular flexibility index (Phi) is 6.10. The second kappa shape index (κ2) is 9.06. The molecule has 4 aromatic heterocycles. The van der Waals surface area contributed by atoms with E-state index in [1.165, 1.54) is 41.6 Å². The second-order valence-electron chi connectivity index (χ2n) is 8.15. The van der Waals surface area contributed by atoms with Crippen LogP contribution in [0.4, 0.5) is 13.2 Å². The molecule has 0 amide bonds. The third-order valence-corrected chi connectivity index (χ3v) is 7.81. The molecule has 15 heteroatoms. The van der Waals surface area contributed by atoms with E-state index in [4.69, 9.17) is 11.6 Å². The number of sulfone groups is 1. The van der Waals surface area contributed by atoms with E-state index < -0.39 is 27.3 Å². The van der Waals surface area contributed by atoms with Gasteiger partial charge in [0.1, 0.15) is 17.5 Å². The van der Waals surface area contributed by atoms with Crippen LogP contribution in [0.1, 0.15) is 12.5 Å². The molecule has 0 saturated heterocycles. The number of aromatic nitrogens is 7. The summed E-state index contributed by atoms with van der Waals surface area (Å²) in [5, 5.41) is 4.57. The normalized spacial score (nSPS) is 12.4. The van der Waals surface area contributed by atoms with Gasteiger partial charge in [-0.15, -0.1) is 0 Å². The molecule has 0 radical (unpaired) electrons. The van der Waals surface area contributed by atoms with E-state index in [1.54, 1.807) is 24.3 Å². The van der Waals surface area contributed by atoms with Crippen molar-refractivity contribution in [2.45, 2.75) is 18.0 Å². The van der Waals surface area contributed by atoms with Crippen molar-refractivity contribution in [2.24, 2.45) is 7.05 Å². The Hall–Kier alpha value is -4.04. The summed E-state index contributed by atoms with van der Waals surface area (Å²) in [4.78, 5) is 25.4. The van der Waals surface area contributed by atoms with Crippen molar-refractivity contribution in [2.75, 3.05) is 5.75 Å². The zero-order valence-corrected chi connectivity index (χ0v) is 21.3. The van der Waals surface area contributed by atoms with Gasteiger partial charge >= 0.3 is 11.9 Å². The predicted molar refractivity (Wildman–Crippen MR) is 132 cm³/mol. The molecule has 0 fully saturated rings. The maximum atomic E-state index is 13.2. The zero-order valence-electron chi connectivity index (χ0n) is 19.7. The van der Waals surface area contributed by atoms with Crippen LogP contribution in [0, 0.1) is 0 Å². The third kappa shape index (κ3) is 4.35. The summed E-state index contributed by atoms with van der Waals surface area (Å²) >= 11 is 5.92. The van der Waals surface area contributed by atoms with E-state index >= 15 is 0 Å². The van der Waals surface area contributed by atoms with Gasteiger partial charge in [0.2, 0.25) is 0 Å². The minimum absolute atomic E-state index is 0.0243. The molecule has 0 unspecified atom stereocenters. The lowest BCUT2D eigenvalue weighted by molar-refractivity contribution is -0.137. The molecular weight excluding hydrogens is 547 g/mol. The number of hydrogen-bond acceptors (Lipinski definition) is 7. The van der Waals surface area contributed by atoms with Crippen molar-refractivity contribution in [3.8, 4) is 23.0 Å². The maximum absolute atomic E-state index is 13.2. The maximum Gasteiger partial charge on any atom is 0.417 e. The number of benzene rings is 1. The first kappa shape index (κ1) is 25.6. The fraction of sp³-hybridized carbons (Fsp3) is 0.174. The Labute approximate surface area is 217 Å². The van der Waals surface area contributed by atoms with Crippen molar-refractivity contribution in [1.82, 2.24) is 33.9 Å². The van der Waals surface area contributed by atoms with Gasteiger partial charge in [0.15, 0.2) is 27.1 Å². The van der Waals surface area contributed by atoms with Gasteiger partial charge in [-0.3, -0.25) is 0 Å². The molecule has 0 spiro atoms. The summed E-state index contributed by atoms with van der Waals surface area (Å²) in [6.07, 6.45) is -2.70. The van der Waals surface area contributed by atoms with E-state index in [0.717, 1.165) is 10.7 Å². The second-order valence-corrected chi connectivity index (χ2v) is 10.8. The number of imidazole rings is 1. The van der Waals surface area contributed by atoms with Gasteiger partial charge < -0.3 is 4.57 Å². The van der Waals surface area contributed by atoms with Crippen molar-refractivity contribution >= 4 is 32.6 Å². The molecule has 0 atom stereocenters. The number of fused-ring (bicyclic) bond motifs is 1. The minimum Gasteiger partial charge on any atom is -0.310 e. The first-order valence-electron chi connectivity index (χ1n) is 11.0. The molecule has 5 rings (SSSR count). The van der Waals surface area contributed by atoms with Crippen LogP contribution < -0.4 is 5.69 Å². The molecule has 0 bridgehead atoms. The smallest absolute Gasteiger partial charge is 0.310 e. The van der Waals surface area contributed by atoms with Crippen LogP contribution in [-0.4, -0.2) is 48.0 Å². The highest BCUT2D eigenvalue weighted by Crippen LogP contribution is 2.33. The summed E-state index contributed by atoms with van der Waals surface area (Å²) in [6, 6.07) is 9.84. The molecule has 0 aliphatic heterocycles. The van der Waals surface area contributed by atoms with Gasteiger partial charge in [-0.25, -0.2) is 32.7 Å². The van der Waals surface area contributed by atoms with E-state index in [2.05, 4.69) is 20.1 Å². The van der Waals surface area contributed by atoms with Crippen LogP contribution in [0.3, 0.4) is 0 Å². The Morgan fingerprint density at radius 3 is 2.42 bits per heavy atom. The fourth-order valence-electron chi connectivity index (χ4n) is 3.80. The Morgan fingerprint density at radius 1 is 1.05 bits per heavy atom. The number of hydrogen-bond donors (Lipinski definition) is 0. The van der Waals surface area contributed by atoms with E-state index in [-0.39, 0.29) is 39.1 Å². The van der Waals surface area contributed by atoms with Crippen molar-refractivity contribution < 1.29 is 21.6 Å². The number of rotatable bonds is 5. The van der Waals surface area contributed by atoms with Crippen molar-refractivity contribution in [3.63, 3.8) is 0 Å². The summed E-state index contributed by atoms with van der Waals surface area (Å²) in [6.45, 7) is 1.44. The van der Waals surface area contributed by atoms with E-state index in [0.29, 0.717) is 16.9 Å². The molecule has 38 heavy (non-hydrogen) atoms. The topological polar surface area (TPSA) is 118 Å². The highest BCUT2D eigenvalue weighted by atomic mass is 35.5. The minimum atomic E-state index is -4.64. The van der Waals surface area contributed by atoms with Crippen LogP contribution >= 0.6 is 11.6 Å². The Bertz CT molecular complexity index is 1860. The van der Waals surface area contributed by atoms with Gasteiger partial charge in [-0.05, 0) is 42.5 Å². The molecule has 0 N–H and O–H groups in total. The standard InChI is InChI=1S/C23H17ClF3N7O3S/c1-3-38(36,37)17-8-9-18(34-22(35)33(12-29-34)15-6-4-14(24)5-7-15)31-19(17)21-30-16-10-13(23(25,26)27)11-28-20(16)32(21)2/h4-12H,3H2,1-2H3. The number of alkyl halides is 3. The Morgan fingerprint density at radius 2 is 1.76 bits per heavy atom. The lowest BCUT2D eigenvalue weighted by Crippen LogP contribution is -2.23. The van der Waals surface area contributed by atoms with Crippen molar-refractivity contribution in [1.29, 1.82) is 0 Å². The number of aryl methyl sites for hydroxylation is 1. The molecule has 1 aromatic carbocycles. The zero-order chi connectivity index (χ0) is 27.4. The van der Waals surface area contributed by atoms with Gasteiger partial charge in [0.25, 0.3) is 0 Å². The first-order valence-corrected chi connectivity index (χ1v) is 13.0. The number of pyridine rings is 2. The summed E-state index contributed by atoms with van der Waals surface area (Å²) < 4.78 is 69.0. The highest BCUT2D eigenvalue weighted by Gasteiger charge is 2.32. The van der Waals surface area contributed by atoms with E-state index in [9.17, 15) is 26.4 Å². The molecule has 0 aliphatic rings. The molecular formula is C23H17ClF3N7O3S. The van der Waals surface area contributed by atoms with Crippen LogP contribution in [0.2, 0.25) is 5.02 Å². The molecule has 4 heterocycles. The third-order valence-electron chi connectivity index (χ3n) is 5.80. The van der Waals surface area contributed by atoms with Crippen LogP contribution in [0.15, 0.2) is 64.7 Å². The SMILES string of the molecule is CCS(=O)(=O)c1ccc(-n2ncn(-c3ccc(Cl)cc3)c2=O)nc1-c1nc2cc(C(F)(F)F)cnc2n1C. The average Bonchev–Trinajstić information content (AvgIpc) is 3.43. The summed E-state index contributed by atoms with van der Waals surface area (Å²) in [5.41, 5.74) is -1.29. The molecule has 5 aromatic rings. The molecule has 10 nitrogen and oxygen atoms in total. The lowest BCUT2D eigenvalue weighted by atomic mass is 10.2. The number of nitrogens with zero attached hydrogens (tertiary/aromatic N) is 7. The van der Waals surface area contributed by atoms with Crippen LogP contribution in [0.5, 0.6) is 0 Å². The quantitative estimate of drug-likeness (QED) is 0.319. The Balaban J connectivity index is 1.71. The molecule has 196 valence electrons. The van der Waals surface area contributed by atoms with E-state index in [1.807, 2.05) is 0 Å². The molecule has 0 saturated carbocycles. The van der Waals surface area contributed by atoms with Gasteiger partial charge in [-0.2, -0.15) is 23.0 Å². The summed E-state index contributed by atoms with van der Waals surface area (Å²) in [7, 11) is -2.38. The van der Waals surface area contributed by atoms with Gasteiger partial charge in [-0.1, -0.05) is 18.5 Å². The van der Waals surface area contributed by atoms with Crippen LogP contribution in [-0.2, 0) is 23.1 Å². The van der Waals surface area contributed by atoms with Gasteiger partial charge in [0, 0.05) is 18.3 Å². The predicted octanol–water partition coefficient (Wildman–Crippen LogP) is 3.83. The first-order chi connectivity index (χ1) is 17.9. The van der Waals surface area contributed by atoms with Crippen LogP contribution in [0.25, 0.3) is 34.2 Å². The lowest BCUT2D eigenvalue weighted by Gasteiger charge is -2.10. The number of halogens is 4. The highest BCUT2D eigenvalue weighted by molar-refractivity contribution is 7.91. The fourth-order valence-corrected chi connectivity index (χ4v) is 4.95. The summed E-state index contributed by atoms with van der Waals surface area (Å²) in [5.74, 6) is -0.346. The monoisotopic (exact) mass is 563 g/mol. The molecule has 0 aliphatic carbocycles. The van der Waals surface area contributed by atoms with Gasteiger partial charge in [0.05, 0.1) is 21.9 Å². The largest absolute Gasteiger partial charge is 0.417 e. The average molecular weight is 564 g/mol.